The Morgan fingerprint density at radius 1 is 1.30 bits per heavy atom. The number of nitrogens with zero attached hydrogens (tertiary/aromatic N) is 1. The highest BCUT2D eigenvalue weighted by Gasteiger charge is 2.51. The van der Waals surface area contributed by atoms with Gasteiger partial charge in [0, 0.05) is 35.9 Å². The number of aromatic nitrogens is 1. The zero-order valence-electron chi connectivity index (χ0n) is 16.3. The first kappa shape index (κ1) is 21.4. The molecular formula is C21H21Cl2NO5S. The van der Waals surface area contributed by atoms with E-state index < -0.39 is 15.7 Å². The van der Waals surface area contributed by atoms with Crippen LogP contribution >= 0.6 is 23.2 Å². The van der Waals surface area contributed by atoms with Crippen LogP contribution in [0.5, 0.6) is 11.5 Å². The van der Waals surface area contributed by atoms with Crippen molar-refractivity contribution in [3.8, 4) is 11.5 Å². The summed E-state index contributed by atoms with van der Waals surface area (Å²) in [5, 5.41) is 0.890. The average molecular weight is 470 g/mol. The van der Waals surface area contributed by atoms with Gasteiger partial charge < -0.3 is 9.47 Å². The van der Waals surface area contributed by atoms with Crippen LogP contribution in [0.2, 0.25) is 10.0 Å². The van der Waals surface area contributed by atoms with Gasteiger partial charge in [0.15, 0.2) is 11.5 Å². The van der Waals surface area contributed by atoms with Gasteiger partial charge in [0.2, 0.25) is 0 Å². The molecule has 4 rings (SSSR count). The molecule has 1 aliphatic heterocycles. The molecule has 0 saturated heterocycles. The predicted octanol–water partition coefficient (Wildman–Crippen LogP) is 4.93. The molecule has 1 aromatic heterocycles. The third-order valence-electron chi connectivity index (χ3n) is 5.89. The van der Waals surface area contributed by atoms with Gasteiger partial charge in [-0.25, -0.2) is 0 Å². The lowest BCUT2D eigenvalue weighted by Gasteiger charge is -2.30. The third kappa shape index (κ3) is 4.04. The SMILES string of the molecule is COc1ccc(C=Cc2c(Cl)cncc2Cl)c2c1OC1(CCCC1CS(=O)(=O)O)C2. The Hall–Kier alpha value is -1.80. The van der Waals surface area contributed by atoms with Gasteiger partial charge in [-0.3, -0.25) is 9.54 Å². The summed E-state index contributed by atoms with van der Waals surface area (Å²) in [5.74, 6) is 0.618. The number of pyridine rings is 1. The van der Waals surface area contributed by atoms with E-state index in [1.165, 1.54) is 12.4 Å². The molecule has 1 N–H and O–H groups in total. The summed E-state index contributed by atoms with van der Waals surface area (Å²) in [4.78, 5) is 3.96. The van der Waals surface area contributed by atoms with E-state index in [9.17, 15) is 13.0 Å². The second-order valence-electron chi connectivity index (χ2n) is 7.70. The van der Waals surface area contributed by atoms with E-state index in [0.29, 0.717) is 39.9 Å². The smallest absolute Gasteiger partial charge is 0.265 e. The van der Waals surface area contributed by atoms with Gasteiger partial charge in [0.1, 0.15) is 5.60 Å². The summed E-state index contributed by atoms with van der Waals surface area (Å²) in [7, 11) is -2.53. The second kappa shape index (κ2) is 8.04. The van der Waals surface area contributed by atoms with Crippen molar-refractivity contribution < 1.29 is 22.4 Å². The highest BCUT2D eigenvalue weighted by Crippen LogP contribution is 2.52. The molecule has 1 aliphatic carbocycles. The first-order valence-electron chi connectivity index (χ1n) is 9.53. The minimum absolute atomic E-state index is 0.287. The van der Waals surface area contributed by atoms with Gasteiger partial charge in [0.25, 0.3) is 10.1 Å². The van der Waals surface area contributed by atoms with Crippen molar-refractivity contribution >= 4 is 45.5 Å². The molecule has 1 fully saturated rings. The first-order valence-corrected chi connectivity index (χ1v) is 11.9. The summed E-state index contributed by atoms with van der Waals surface area (Å²) in [5.41, 5.74) is 1.84. The van der Waals surface area contributed by atoms with E-state index in [2.05, 4.69) is 4.98 Å². The third-order valence-corrected chi connectivity index (χ3v) is 7.32. The molecule has 1 saturated carbocycles. The Bertz CT molecular complexity index is 1100. The fraction of sp³-hybridized carbons (Fsp3) is 0.381. The Morgan fingerprint density at radius 2 is 2.03 bits per heavy atom. The summed E-state index contributed by atoms with van der Waals surface area (Å²) in [6.45, 7) is 0. The Kier molecular flexibility index (Phi) is 5.74. The second-order valence-corrected chi connectivity index (χ2v) is 10.0. The number of methoxy groups -OCH3 is 1. The van der Waals surface area contributed by atoms with Crippen molar-refractivity contribution in [2.45, 2.75) is 31.3 Å². The molecule has 9 heteroatoms. The van der Waals surface area contributed by atoms with E-state index in [-0.39, 0.29) is 11.7 Å². The van der Waals surface area contributed by atoms with E-state index in [1.54, 1.807) is 7.11 Å². The van der Waals surface area contributed by atoms with Crippen LogP contribution in [0.3, 0.4) is 0 Å². The molecule has 0 amide bonds. The molecule has 6 nitrogen and oxygen atoms in total. The van der Waals surface area contributed by atoms with Gasteiger partial charge in [-0.05, 0) is 30.9 Å². The van der Waals surface area contributed by atoms with Crippen LogP contribution in [0.1, 0.15) is 36.0 Å². The largest absolute Gasteiger partial charge is 0.493 e. The van der Waals surface area contributed by atoms with Crippen LogP contribution in [0.25, 0.3) is 12.2 Å². The van der Waals surface area contributed by atoms with Crippen LogP contribution in [0.4, 0.5) is 0 Å². The predicted molar refractivity (Wildman–Crippen MR) is 117 cm³/mol. The molecular weight excluding hydrogens is 449 g/mol. The van der Waals surface area contributed by atoms with Gasteiger partial charge in [-0.1, -0.05) is 41.4 Å². The molecule has 0 radical (unpaired) electrons. The van der Waals surface area contributed by atoms with Gasteiger partial charge in [0.05, 0.1) is 22.9 Å². The van der Waals surface area contributed by atoms with Crippen molar-refractivity contribution in [1.82, 2.24) is 4.98 Å². The van der Waals surface area contributed by atoms with Gasteiger partial charge in [-0.15, -0.1) is 0 Å². The minimum Gasteiger partial charge on any atom is -0.493 e. The Balaban J connectivity index is 1.72. The number of hydrogen-bond acceptors (Lipinski definition) is 5. The number of ether oxygens (including phenoxy) is 2. The number of benzene rings is 1. The lowest BCUT2D eigenvalue weighted by atomic mass is 9.86. The molecule has 1 spiro atoms. The first-order chi connectivity index (χ1) is 14.2. The normalized spacial score (nSPS) is 23.1. The van der Waals surface area contributed by atoms with E-state index in [0.717, 1.165) is 24.0 Å². The fourth-order valence-corrected chi connectivity index (χ4v) is 5.97. The standard InChI is InChI=1S/C21H21Cl2NO5S/c1-28-19-7-5-13(4-6-15-17(22)10-24-11-18(15)23)16-9-21(29-20(16)19)8-2-3-14(21)12-30(25,26)27/h4-7,10-11,14H,2-3,8-9,12H2,1H3,(H,25,26,27). The lowest BCUT2D eigenvalue weighted by molar-refractivity contribution is 0.0587. The zero-order chi connectivity index (χ0) is 21.5. The van der Waals surface area contributed by atoms with Crippen molar-refractivity contribution in [3.63, 3.8) is 0 Å². The Labute approximate surface area is 185 Å². The average Bonchev–Trinajstić information content (AvgIpc) is 3.24. The van der Waals surface area contributed by atoms with Crippen LogP contribution < -0.4 is 9.47 Å². The molecule has 0 bridgehead atoms. The molecule has 1 aromatic carbocycles. The molecule has 30 heavy (non-hydrogen) atoms. The maximum absolute atomic E-state index is 11.5. The lowest BCUT2D eigenvalue weighted by Crippen LogP contribution is -2.41. The minimum atomic E-state index is -4.10. The van der Waals surface area contributed by atoms with Crippen LogP contribution in [0, 0.1) is 5.92 Å². The summed E-state index contributed by atoms with van der Waals surface area (Å²) >= 11 is 12.4. The highest BCUT2D eigenvalue weighted by atomic mass is 35.5. The quantitative estimate of drug-likeness (QED) is 0.624. The topological polar surface area (TPSA) is 85.7 Å². The molecule has 2 heterocycles. The Morgan fingerprint density at radius 3 is 2.70 bits per heavy atom. The molecule has 2 atom stereocenters. The number of halogens is 2. The molecule has 2 aliphatic rings. The highest BCUT2D eigenvalue weighted by molar-refractivity contribution is 7.85. The van der Waals surface area contributed by atoms with Crippen molar-refractivity contribution in [1.29, 1.82) is 0 Å². The number of hydrogen-bond donors (Lipinski definition) is 1. The van der Waals surface area contributed by atoms with Crippen LogP contribution in [-0.4, -0.2) is 36.4 Å². The van der Waals surface area contributed by atoms with Gasteiger partial charge in [-0.2, -0.15) is 8.42 Å². The van der Waals surface area contributed by atoms with Gasteiger partial charge >= 0.3 is 0 Å². The number of fused-ring (bicyclic) bond motifs is 1. The van der Waals surface area contributed by atoms with E-state index >= 15 is 0 Å². The maximum atomic E-state index is 11.5. The summed E-state index contributed by atoms with van der Waals surface area (Å²) < 4.78 is 44.4. The maximum Gasteiger partial charge on any atom is 0.265 e. The zero-order valence-corrected chi connectivity index (χ0v) is 18.6. The van der Waals surface area contributed by atoms with Crippen molar-refractivity contribution in [2.75, 3.05) is 12.9 Å². The van der Waals surface area contributed by atoms with Crippen molar-refractivity contribution in [2.24, 2.45) is 5.92 Å². The molecule has 160 valence electrons. The summed E-state index contributed by atoms with van der Waals surface area (Å²) in [6.07, 6.45) is 9.56. The van der Waals surface area contributed by atoms with Crippen LogP contribution in [0.15, 0.2) is 24.5 Å². The number of rotatable bonds is 5. The van der Waals surface area contributed by atoms with Crippen molar-refractivity contribution in [3.05, 3.63) is 51.3 Å². The van der Waals surface area contributed by atoms with Crippen LogP contribution in [-0.2, 0) is 16.5 Å². The molecule has 2 unspecified atom stereocenters. The molecule has 2 aromatic rings. The van der Waals surface area contributed by atoms with E-state index in [1.807, 2.05) is 24.3 Å². The van der Waals surface area contributed by atoms with E-state index in [4.69, 9.17) is 32.7 Å². The fourth-order valence-electron chi connectivity index (χ4n) is 4.50. The summed E-state index contributed by atoms with van der Waals surface area (Å²) in [6, 6.07) is 3.74. The monoisotopic (exact) mass is 469 g/mol.